The highest BCUT2D eigenvalue weighted by Crippen LogP contribution is 2.82. The number of carbonyl (C=O) groups is 1. The van der Waals surface area contributed by atoms with E-state index in [1.807, 2.05) is 0 Å². The summed E-state index contributed by atoms with van der Waals surface area (Å²) in [6.07, 6.45) is 2.01. The normalized spacial score (nSPS) is 38.1. The maximum atomic E-state index is 12.6. The molecule has 18 heavy (non-hydrogen) atoms. The van der Waals surface area contributed by atoms with Gasteiger partial charge in [0.05, 0.1) is 0 Å². The Morgan fingerprint density at radius 3 is 2.83 bits per heavy atom. The highest BCUT2D eigenvalue weighted by Gasteiger charge is 2.83. The van der Waals surface area contributed by atoms with Crippen LogP contribution in [0.5, 0.6) is 0 Å². The monoisotopic (exact) mass is 274 g/mol. The average Bonchev–Trinajstić information content (AvgIpc) is 2.92. The molecular formula is C12H19O5P. The lowest BCUT2D eigenvalue weighted by Crippen LogP contribution is -2.38. The fourth-order valence-corrected chi connectivity index (χ4v) is 4.63. The SMILES string of the molecule is C=CCO[P+]1([O-])OC[C@@H]2C[C@@]21C(=O)OC(C)(C)C. The summed E-state index contributed by atoms with van der Waals surface area (Å²) in [5.41, 5.74) is -0.606. The van der Waals surface area contributed by atoms with Gasteiger partial charge in [0.25, 0.3) is 7.94 Å². The van der Waals surface area contributed by atoms with E-state index < -0.39 is 24.7 Å². The first-order valence-corrected chi connectivity index (χ1v) is 7.53. The predicted molar refractivity (Wildman–Crippen MR) is 65.7 cm³/mol. The van der Waals surface area contributed by atoms with Gasteiger partial charge in [0.15, 0.2) is 0 Å². The second-order valence-corrected chi connectivity index (χ2v) is 8.01. The summed E-state index contributed by atoms with van der Waals surface area (Å²) in [7, 11) is -3.42. The van der Waals surface area contributed by atoms with Crippen LogP contribution >= 0.6 is 7.94 Å². The van der Waals surface area contributed by atoms with Crippen molar-refractivity contribution in [1.29, 1.82) is 0 Å². The molecule has 2 fully saturated rings. The number of fused-ring (bicyclic) bond motifs is 1. The van der Waals surface area contributed by atoms with Crippen LogP contribution in [0.1, 0.15) is 27.2 Å². The van der Waals surface area contributed by atoms with Crippen molar-refractivity contribution in [3.8, 4) is 0 Å². The van der Waals surface area contributed by atoms with Crippen LogP contribution in [0.15, 0.2) is 12.7 Å². The van der Waals surface area contributed by atoms with Gasteiger partial charge < -0.3 is 9.63 Å². The minimum Gasteiger partial charge on any atom is -0.630 e. The molecule has 1 heterocycles. The molecule has 0 radical (unpaired) electrons. The first-order valence-electron chi connectivity index (χ1n) is 5.99. The van der Waals surface area contributed by atoms with Gasteiger partial charge in [-0.25, -0.2) is 13.8 Å². The van der Waals surface area contributed by atoms with Crippen LogP contribution in [0.25, 0.3) is 0 Å². The van der Waals surface area contributed by atoms with E-state index in [0.29, 0.717) is 13.0 Å². The van der Waals surface area contributed by atoms with Gasteiger partial charge >= 0.3 is 5.97 Å². The van der Waals surface area contributed by atoms with Crippen LogP contribution in [-0.2, 0) is 18.6 Å². The second-order valence-electron chi connectivity index (χ2n) is 5.70. The number of hydrogen-bond acceptors (Lipinski definition) is 5. The van der Waals surface area contributed by atoms with Crippen LogP contribution in [-0.4, -0.2) is 29.9 Å². The van der Waals surface area contributed by atoms with Crippen molar-refractivity contribution in [3.63, 3.8) is 0 Å². The molecule has 1 unspecified atom stereocenters. The lowest BCUT2D eigenvalue weighted by atomic mass is 10.2. The van der Waals surface area contributed by atoms with E-state index in [-0.39, 0.29) is 12.5 Å². The van der Waals surface area contributed by atoms with Gasteiger partial charge in [-0.1, -0.05) is 6.08 Å². The summed E-state index contributed by atoms with van der Waals surface area (Å²) < 4.78 is 15.8. The van der Waals surface area contributed by atoms with Crippen molar-refractivity contribution in [1.82, 2.24) is 0 Å². The molecule has 5 nitrogen and oxygen atoms in total. The first-order chi connectivity index (χ1) is 8.25. The van der Waals surface area contributed by atoms with E-state index in [1.54, 1.807) is 20.8 Å². The Bertz CT molecular complexity index is 377. The van der Waals surface area contributed by atoms with Crippen molar-refractivity contribution in [3.05, 3.63) is 12.7 Å². The molecule has 0 spiro atoms. The molecule has 0 bridgehead atoms. The fourth-order valence-electron chi connectivity index (χ4n) is 2.18. The van der Waals surface area contributed by atoms with E-state index in [0.717, 1.165) is 0 Å². The smallest absolute Gasteiger partial charge is 0.356 e. The van der Waals surface area contributed by atoms with E-state index in [1.165, 1.54) is 6.08 Å². The number of hydrogen-bond donors (Lipinski definition) is 0. The molecule has 0 aromatic rings. The molecule has 102 valence electrons. The van der Waals surface area contributed by atoms with Crippen molar-refractivity contribution < 1.29 is 23.5 Å². The average molecular weight is 274 g/mol. The van der Waals surface area contributed by atoms with Crippen LogP contribution in [0, 0.1) is 5.92 Å². The lowest BCUT2D eigenvalue weighted by Gasteiger charge is -2.31. The maximum absolute atomic E-state index is 12.6. The van der Waals surface area contributed by atoms with Crippen LogP contribution in [0.4, 0.5) is 0 Å². The zero-order valence-corrected chi connectivity index (χ0v) is 11.9. The Balaban J connectivity index is 2.15. The summed E-state index contributed by atoms with van der Waals surface area (Å²) in [4.78, 5) is 24.8. The van der Waals surface area contributed by atoms with Crippen LogP contribution in [0.2, 0.25) is 0 Å². The molecule has 1 saturated carbocycles. The number of esters is 1. The topological polar surface area (TPSA) is 67.8 Å². The molecule has 1 saturated heterocycles. The molecule has 0 aromatic heterocycles. The zero-order chi connectivity index (χ0) is 13.6. The van der Waals surface area contributed by atoms with Gasteiger partial charge in [-0.05, 0) is 20.8 Å². The summed E-state index contributed by atoms with van der Waals surface area (Å²) in [5, 5.41) is -1.07. The van der Waals surface area contributed by atoms with Gasteiger partial charge in [-0.15, -0.1) is 6.58 Å². The summed E-state index contributed by atoms with van der Waals surface area (Å²) in [6, 6.07) is 0. The Morgan fingerprint density at radius 2 is 2.33 bits per heavy atom. The number of ether oxygens (including phenoxy) is 1. The molecule has 2 rings (SSSR count). The minimum absolute atomic E-state index is 0.0389. The molecular weight excluding hydrogens is 255 g/mol. The quantitative estimate of drug-likeness (QED) is 0.441. The lowest BCUT2D eigenvalue weighted by molar-refractivity contribution is -0.219. The van der Waals surface area contributed by atoms with Crippen molar-refractivity contribution in [2.75, 3.05) is 13.2 Å². The summed E-state index contributed by atoms with van der Waals surface area (Å²) in [5.74, 6) is -0.507. The number of carbonyl (C=O) groups excluding carboxylic acids is 1. The molecule has 0 N–H and O–H groups in total. The fraction of sp³-hybridized carbons (Fsp3) is 0.750. The standard InChI is InChI=1S/C12H19O5P/c1-5-6-15-18(14)12(7-9(12)8-16-18)10(13)17-11(2,3)4/h5,9H,1,6-8H2,2-4H3/t9-,12-,18?/m0/s1. The molecule has 3 atom stereocenters. The molecule has 1 aliphatic carbocycles. The van der Waals surface area contributed by atoms with Gasteiger partial charge in [0, 0.05) is 12.3 Å². The molecule has 0 aromatic carbocycles. The first kappa shape index (κ1) is 13.9. The molecule has 0 amide bonds. The minimum atomic E-state index is -3.42. The molecule has 1 aliphatic heterocycles. The maximum Gasteiger partial charge on any atom is 0.356 e. The van der Waals surface area contributed by atoms with E-state index >= 15 is 0 Å². The zero-order valence-electron chi connectivity index (χ0n) is 11.0. The van der Waals surface area contributed by atoms with Gasteiger partial charge in [-0.3, -0.25) is 0 Å². The summed E-state index contributed by atoms with van der Waals surface area (Å²) in [6.45, 7) is 9.25. The highest BCUT2D eigenvalue weighted by molar-refractivity contribution is 7.62. The highest BCUT2D eigenvalue weighted by atomic mass is 31.2. The van der Waals surface area contributed by atoms with Gasteiger partial charge in [0.1, 0.15) is 18.8 Å². The third-order valence-corrected chi connectivity index (χ3v) is 5.81. The molecule has 2 aliphatic rings. The Morgan fingerprint density at radius 1 is 1.67 bits per heavy atom. The summed E-state index contributed by atoms with van der Waals surface area (Å²) >= 11 is 0. The largest absolute Gasteiger partial charge is 0.630 e. The Labute approximate surface area is 108 Å². The van der Waals surface area contributed by atoms with E-state index in [4.69, 9.17) is 13.8 Å². The van der Waals surface area contributed by atoms with Crippen LogP contribution in [0.3, 0.4) is 0 Å². The van der Waals surface area contributed by atoms with Crippen molar-refractivity contribution in [2.45, 2.75) is 37.9 Å². The third-order valence-electron chi connectivity index (χ3n) is 3.12. The van der Waals surface area contributed by atoms with Crippen molar-refractivity contribution in [2.24, 2.45) is 5.92 Å². The predicted octanol–water partition coefficient (Wildman–Crippen LogP) is 1.44. The van der Waals surface area contributed by atoms with Gasteiger partial charge in [-0.2, -0.15) is 0 Å². The van der Waals surface area contributed by atoms with E-state index in [2.05, 4.69) is 6.58 Å². The van der Waals surface area contributed by atoms with Crippen LogP contribution < -0.4 is 4.89 Å². The second kappa shape index (κ2) is 4.27. The Kier molecular flexibility index (Phi) is 3.31. The van der Waals surface area contributed by atoms with E-state index in [9.17, 15) is 9.69 Å². The molecule has 6 heteroatoms. The number of rotatable bonds is 4. The third kappa shape index (κ3) is 2.10. The van der Waals surface area contributed by atoms with Crippen molar-refractivity contribution >= 4 is 13.9 Å². The Hall–Kier alpha value is -0.480. The van der Waals surface area contributed by atoms with Gasteiger partial charge in [0.2, 0.25) is 5.16 Å².